The third-order valence-electron chi connectivity index (χ3n) is 4.91. The lowest BCUT2D eigenvalue weighted by Gasteiger charge is -2.10. The molecule has 0 unspecified atom stereocenters. The smallest absolute Gasteiger partial charge is 0.322 e. The van der Waals surface area contributed by atoms with Gasteiger partial charge in [-0.25, -0.2) is 0 Å². The number of carbonyl (C=O) groups is 2. The molecule has 2 amide bonds. The molecule has 0 atom stereocenters. The highest BCUT2D eigenvalue weighted by atomic mass is 33.1. The van der Waals surface area contributed by atoms with Crippen LogP contribution in [-0.2, 0) is 6.18 Å². The van der Waals surface area contributed by atoms with Crippen LogP contribution in [0.25, 0.3) is 0 Å². The molecule has 4 aromatic rings. The van der Waals surface area contributed by atoms with E-state index in [1.165, 1.54) is 33.7 Å². The summed E-state index contributed by atoms with van der Waals surface area (Å²) in [6.45, 7) is 0. The molecule has 4 nitrogen and oxygen atoms in total. The van der Waals surface area contributed by atoms with Crippen LogP contribution in [0.3, 0.4) is 0 Å². The lowest BCUT2D eigenvalue weighted by atomic mass is 10.1. The average molecular weight is 525 g/mol. The fourth-order valence-electron chi connectivity index (χ4n) is 3.18. The van der Waals surface area contributed by atoms with E-state index in [0.717, 1.165) is 21.9 Å². The monoisotopic (exact) mass is 524 g/mol. The second-order valence-electron chi connectivity index (χ2n) is 7.58. The van der Waals surface area contributed by atoms with Gasteiger partial charge >= 0.3 is 6.18 Å². The van der Waals surface area contributed by atoms with Gasteiger partial charge in [-0.3, -0.25) is 9.59 Å². The highest BCUT2D eigenvalue weighted by Crippen LogP contribution is 2.39. The summed E-state index contributed by atoms with van der Waals surface area (Å²) in [4.78, 5) is 26.6. The van der Waals surface area contributed by atoms with E-state index in [0.29, 0.717) is 16.9 Å². The Bertz CT molecular complexity index is 1380. The number of benzene rings is 4. The van der Waals surface area contributed by atoms with E-state index in [2.05, 4.69) is 10.6 Å². The Morgan fingerprint density at radius 1 is 0.583 bits per heavy atom. The number of amides is 2. The average Bonchev–Trinajstić information content (AvgIpc) is 2.88. The van der Waals surface area contributed by atoms with Crippen LogP contribution in [0.4, 0.5) is 24.5 Å². The van der Waals surface area contributed by atoms with Gasteiger partial charge in [0, 0.05) is 32.3 Å². The van der Waals surface area contributed by atoms with Crippen molar-refractivity contribution in [2.75, 3.05) is 10.6 Å². The van der Waals surface area contributed by atoms with E-state index in [9.17, 15) is 22.8 Å². The van der Waals surface area contributed by atoms with E-state index in [-0.39, 0.29) is 11.5 Å². The second kappa shape index (κ2) is 11.4. The van der Waals surface area contributed by atoms with Gasteiger partial charge in [-0.15, -0.1) is 0 Å². The predicted molar refractivity (Wildman–Crippen MR) is 138 cm³/mol. The van der Waals surface area contributed by atoms with Gasteiger partial charge in [0.15, 0.2) is 0 Å². The van der Waals surface area contributed by atoms with Gasteiger partial charge in [0.25, 0.3) is 11.8 Å². The molecule has 0 bridgehead atoms. The zero-order valence-corrected chi connectivity index (χ0v) is 20.2. The number of alkyl halides is 3. The normalized spacial score (nSPS) is 11.1. The molecule has 4 aromatic carbocycles. The molecule has 0 spiro atoms. The number of nitrogens with one attached hydrogen (secondary N) is 2. The van der Waals surface area contributed by atoms with Gasteiger partial charge in [-0.1, -0.05) is 58.0 Å². The van der Waals surface area contributed by atoms with Crippen LogP contribution in [0, 0.1) is 0 Å². The van der Waals surface area contributed by atoms with Gasteiger partial charge in [-0.05, 0) is 66.7 Å². The van der Waals surface area contributed by atoms with Crippen molar-refractivity contribution in [2.45, 2.75) is 16.0 Å². The summed E-state index contributed by atoms with van der Waals surface area (Å²) < 4.78 is 38.8. The van der Waals surface area contributed by atoms with E-state index in [1.807, 2.05) is 30.3 Å². The summed E-state index contributed by atoms with van der Waals surface area (Å²) in [5.41, 5.74) is 0.738. The van der Waals surface area contributed by atoms with E-state index in [4.69, 9.17) is 0 Å². The van der Waals surface area contributed by atoms with Crippen molar-refractivity contribution in [3.05, 3.63) is 120 Å². The summed E-state index contributed by atoms with van der Waals surface area (Å²) in [5, 5.41) is 5.52. The molecule has 0 fully saturated rings. The Morgan fingerprint density at radius 3 is 1.64 bits per heavy atom. The van der Waals surface area contributed by atoms with Crippen LogP contribution in [0.5, 0.6) is 0 Å². The lowest BCUT2D eigenvalue weighted by molar-refractivity contribution is -0.137. The zero-order valence-electron chi connectivity index (χ0n) is 18.6. The van der Waals surface area contributed by atoms with Crippen molar-refractivity contribution in [2.24, 2.45) is 0 Å². The van der Waals surface area contributed by atoms with Crippen molar-refractivity contribution in [3.63, 3.8) is 0 Å². The first-order chi connectivity index (χ1) is 17.3. The summed E-state index contributed by atoms with van der Waals surface area (Å²) in [6, 6.07) is 27.6. The zero-order chi connectivity index (χ0) is 25.5. The maximum atomic E-state index is 12.9. The number of hydrogen-bond donors (Lipinski definition) is 2. The molecule has 36 heavy (non-hydrogen) atoms. The lowest BCUT2D eigenvalue weighted by Crippen LogP contribution is -2.13. The first-order valence-electron chi connectivity index (χ1n) is 10.7. The maximum absolute atomic E-state index is 12.9. The van der Waals surface area contributed by atoms with Gasteiger partial charge in [0.2, 0.25) is 0 Å². The third kappa shape index (κ3) is 6.93. The molecule has 182 valence electrons. The predicted octanol–water partition coefficient (Wildman–Crippen LogP) is 8.01. The molecule has 0 aliphatic rings. The SMILES string of the molecule is O=C(Nc1cccc(SSc2cccc(NC(=O)c3cccc(C(F)(F)F)c3)c2)c1)c1ccccc1. The summed E-state index contributed by atoms with van der Waals surface area (Å²) in [6.07, 6.45) is -4.52. The number of halogens is 3. The van der Waals surface area contributed by atoms with Crippen molar-refractivity contribution in [1.82, 2.24) is 0 Å². The number of rotatable bonds is 7. The first kappa shape index (κ1) is 25.4. The van der Waals surface area contributed by atoms with Gasteiger partial charge in [0.05, 0.1) is 5.56 Å². The summed E-state index contributed by atoms with van der Waals surface area (Å²) in [7, 11) is 2.91. The molecule has 0 saturated heterocycles. The molecule has 0 heterocycles. The highest BCUT2D eigenvalue weighted by molar-refractivity contribution is 8.76. The minimum Gasteiger partial charge on any atom is -0.322 e. The Morgan fingerprint density at radius 2 is 1.08 bits per heavy atom. The first-order valence-corrected chi connectivity index (χ1v) is 12.8. The maximum Gasteiger partial charge on any atom is 0.416 e. The fourth-order valence-corrected chi connectivity index (χ4v) is 5.19. The molecule has 9 heteroatoms. The van der Waals surface area contributed by atoms with Crippen molar-refractivity contribution < 1.29 is 22.8 Å². The molecular weight excluding hydrogens is 505 g/mol. The second-order valence-corrected chi connectivity index (χ2v) is 9.85. The molecule has 0 radical (unpaired) electrons. The van der Waals surface area contributed by atoms with Crippen molar-refractivity contribution in [3.8, 4) is 0 Å². The van der Waals surface area contributed by atoms with Crippen molar-refractivity contribution >= 4 is 44.8 Å². The van der Waals surface area contributed by atoms with Crippen molar-refractivity contribution in [1.29, 1.82) is 0 Å². The fraction of sp³-hybridized carbons (Fsp3) is 0.0370. The van der Waals surface area contributed by atoms with Crippen LogP contribution in [0.2, 0.25) is 0 Å². The standard InChI is InChI=1S/C27H19F3N2O2S2/c28-27(29,30)20-10-4-9-19(15-20)26(34)32-22-12-6-14-24(17-22)36-35-23-13-5-11-21(16-23)31-25(33)18-7-2-1-3-8-18/h1-17H,(H,31,33)(H,32,34). The van der Waals surface area contributed by atoms with E-state index < -0.39 is 17.6 Å². The Kier molecular flexibility index (Phi) is 8.02. The third-order valence-corrected chi connectivity index (χ3v) is 7.29. The minimum atomic E-state index is -4.52. The largest absolute Gasteiger partial charge is 0.416 e. The molecular formula is C27H19F3N2O2S2. The van der Waals surface area contributed by atoms with Gasteiger partial charge < -0.3 is 10.6 Å². The molecule has 0 aliphatic carbocycles. The quantitative estimate of drug-likeness (QED) is 0.241. The molecule has 0 aliphatic heterocycles. The van der Waals surface area contributed by atoms with Gasteiger partial charge in [-0.2, -0.15) is 13.2 Å². The minimum absolute atomic E-state index is 0.0772. The van der Waals surface area contributed by atoms with E-state index >= 15 is 0 Å². The Balaban J connectivity index is 1.38. The number of anilines is 2. The highest BCUT2D eigenvalue weighted by Gasteiger charge is 2.30. The summed E-state index contributed by atoms with van der Waals surface area (Å²) >= 11 is 0. The molecule has 4 rings (SSSR count). The van der Waals surface area contributed by atoms with Crippen LogP contribution in [0.1, 0.15) is 26.3 Å². The summed E-state index contributed by atoms with van der Waals surface area (Å²) in [5.74, 6) is -0.827. The number of carbonyl (C=O) groups excluding carboxylic acids is 2. The van der Waals surface area contributed by atoms with Crippen LogP contribution >= 0.6 is 21.6 Å². The molecule has 2 N–H and O–H groups in total. The van der Waals surface area contributed by atoms with Crippen LogP contribution in [-0.4, -0.2) is 11.8 Å². The van der Waals surface area contributed by atoms with Crippen LogP contribution < -0.4 is 10.6 Å². The molecule has 0 saturated carbocycles. The Labute approximate surface area is 213 Å². The van der Waals surface area contributed by atoms with Gasteiger partial charge in [0.1, 0.15) is 0 Å². The molecule has 0 aromatic heterocycles. The topological polar surface area (TPSA) is 58.2 Å². The Hall–Kier alpha value is -3.69. The van der Waals surface area contributed by atoms with Crippen LogP contribution in [0.15, 0.2) is 113 Å². The van der Waals surface area contributed by atoms with E-state index in [1.54, 1.807) is 48.5 Å². The number of hydrogen-bond acceptors (Lipinski definition) is 4.